The van der Waals surface area contributed by atoms with Gasteiger partial charge in [0.15, 0.2) is 11.0 Å². The first-order valence-electron chi connectivity index (χ1n) is 8.70. The molecule has 0 spiro atoms. The van der Waals surface area contributed by atoms with Crippen LogP contribution in [0.4, 0.5) is 0 Å². The van der Waals surface area contributed by atoms with Crippen LogP contribution in [0.25, 0.3) is 0 Å². The first-order valence-corrected chi connectivity index (χ1v) is 9.08. The van der Waals surface area contributed by atoms with Gasteiger partial charge in [0, 0.05) is 39.3 Å². The van der Waals surface area contributed by atoms with Gasteiger partial charge in [-0.2, -0.15) is 0 Å². The van der Waals surface area contributed by atoms with E-state index in [0.717, 1.165) is 44.8 Å². The lowest BCUT2D eigenvalue weighted by atomic mass is 10.1. The fraction of sp³-hybridized carbons (Fsp3) is 0.421. The van der Waals surface area contributed by atoms with Gasteiger partial charge in [-0.05, 0) is 41.4 Å². The molecule has 1 saturated heterocycles. The maximum Gasteiger partial charge on any atom is 0.287 e. The molecule has 2 aromatic rings. The van der Waals surface area contributed by atoms with Gasteiger partial charge in [-0.25, -0.2) is 0 Å². The highest BCUT2D eigenvalue weighted by atomic mass is 35.5. The molecule has 1 amide bonds. The maximum atomic E-state index is 12.1. The van der Waals surface area contributed by atoms with E-state index < -0.39 is 0 Å². The summed E-state index contributed by atoms with van der Waals surface area (Å²) in [7, 11) is 0. The third kappa shape index (κ3) is 4.84. The molecule has 0 saturated carbocycles. The first kappa shape index (κ1) is 18.0. The minimum absolute atomic E-state index is 0.219. The summed E-state index contributed by atoms with van der Waals surface area (Å²) >= 11 is 5.72. The number of amides is 1. The van der Waals surface area contributed by atoms with Crippen LogP contribution in [0.3, 0.4) is 0 Å². The van der Waals surface area contributed by atoms with Crippen LogP contribution in [-0.4, -0.2) is 48.4 Å². The van der Waals surface area contributed by atoms with E-state index in [-0.39, 0.29) is 16.9 Å². The Morgan fingerprint density at radius 1 is 1.08 bits per heavy atom. The largest absolute Gasteiger partial charge is 0.440 e. The van der Waals surface area contributed by atoms with Gasteiger partial charge in [0.05, 0.1) is 0 Å². The molecular formula is C19H24ClN3O2. The zero-order valence-corrected chi connectivity index (χ0v) is 15.3. The molecule has 1 aliphatic rings. The Balaban J connectivity index is 1.58. The van der Waals surface area contributed by atoms with Crippen molar-refractivity contribution in [3.63, 3.8) is 0 Å². The average molecular weight is 362 g/mol. The van der Waals surface area contributed by atoms with Crippen LogP contribution in [0.1, 0.15) is 28.6 Å². The van der Waals surface area contributed by atoms with Crippen molar-refractivity contribution in [2.45, 2.75) is 20.0 Å². The summed E-state index contributed by atoms with van der Waals surface area (Å²) in [6, 6.07) is 11.4. The number of piperazine rings is 1. The number of hydrogen-bond acceptors (Lipinski definition) is 4. The van der Waals surface area contributed by atoms with Crippen molar-refractivity contribution in [2.75, 3.05) is 32.7 Å². The topological polar surface area (TPSA) is 48.7 Å². The molecule has 2 heterocycles. The lowest BCUT2D eigenvalue weighted by Gasteiger charge is -2.34. The Labute approximate surface area is 153 Å². The van der Waals surface area contributed by atoms with Crippen LogP contribution in [0, 0.1) is 0 Å². The molecule has 0 radical (unpaired) electrons. The summed E-state index contributed by atoms with van der Waals surface area (Å²) in [6.07, 6.45) is 0. The second-order valence-corrected chi connectivity index (χ2v) is 6.64. The van der Waals surface area contributed by atoms with Gasteiger partial charge >= 0.3 is 0 Å². The van der Waals surface area contributed by atoms with Crippen molar-refractivity contribution in [1.82, 2.24) is 15.1 Å². The average Bonchev–Trinajstić information content (AvgIpc) is 3.08. The summed E-state index contributed by atoms with van der Waals surface area (Å²) in [5, 5.41) is 3.12. The van der Waals surface area contributed by atoms with Crippen LogP contribution in [0.15, 0.2) is 40.8 Å². The van der Waals surface area contributed by atoms with Gasteiger partial charge in [0.1, 0.15) is 0 Å². The van der Waals surface area contributed by atoms with Crippen LogP contribution in [0.5, 0.6) is 0 Å². The normalized spacial score (nSPS) is 16.1. The van der Waals surface area contributed by atoms with Crippen LogP contribution >= 0.6 is 11.6 Å². The third-order valence-electron chi connectivity index (χ3n) is 4.66. The smallest absolute Gasteiger partial charge is 0.287 e. The van der Waals surface area contributed by atoms with E-state index >= 15 is 0 Å². The van der Waals surface area contributed by atoms with Crippen molar-refractivity contribution in [1.29, 1.82) is 0 Å². The Bertz CT molecular complexity index is 708. The molecule has 5 nitrogen and oxygen atoms in total. The van der Waals surface area contributed by atoms with E-state index in [1.54, 1.807) is 12.1 Å². The maximum absolute atomic E-state index is 12.1. The van der Waals surface area contributed by atoms with Gasteiger partial charge in [0.25, 0.3) is 5.91 Å². The number of nitrogens with zero attached hydrogens (tertiary/aromatic N) is 2. The van der Waals surface area contributed by atoms with Crippen molar-refractivity contribution in [3.05, 3.63) is 58.5 Å². The summed E-state index contributed by atoms with van der Waals surface area (Å²) in [5.41, 5.74) is 2.39. The van der Waals surface area contributed by atoms with E-state index in [1.807, 2.05) is 6.07 Å². The number of carbonyl (C=O) groups is 1. The number of furan rings is 1. The quantitative estimate of drug-likeness (QED) is 0.859. The molecule has 25 heavy (non-hydrogen) atoms. The molecule has 0 bridgehead atoms. The third-order valence-corrected chi connectivity index (χ3v) is 4.86. The fourth-order valence-corrected chi connectivity index (χ4v) is 3.23. The van der Waals surface area contributed by atoms with Crippen LogP contribution in [-0.2, 0) is 13.1 Å². The predicted molar refractivity (Wildman–Crippen MR) is 98.7 cm³/mol. The number of carbonyl (C=O) groups excluding carboxylic acids is 1. The molecule has 1 aromatic carbocycles. The van der Waals surface area contributed by atoms with Gasteiger partial charge in [-0.15, -0.1) is 0 Å². The van der Waals surface area contributed by atoms with Gasteiger partial charge in [0.2, 0.25) is 0 Å². The van der Waals surface area contributed by atoms with Crippen LogP contribution < -0.4 is 5.32 Å². The fourth-order valence-electron chi connectivity index (χ4n) is 3.09. The lowest BCUT2D eigenvalue weighted by molar-refractivity contribution is 0.0923. The van der Waals surface area contributed by atoms with E-state index in [1.165, 1.54) is 5.56 Å². The SMILES string of the molecule is CCN1CCN(Cc2ccccc2CNC(=O)c2ccc(Cl)o2)CC1. The number of benzene rings is 1. The van der Waals surface area contributed by atoms with Crippen molar-refractivity contribution < 1.29 is 9.21 Å². The summed E-state index contributed by atoms with van der Waals surface area (Å²) < 4.78 is 5.15. The highest BCUT2D eigenvalue weighted by molar-refractivity contribution is 6.29. The summed E-state index contributed by atoms with van der Waals surface area (Å²) in [4.78, 5) is 17.1. The Morgan fingerprint density at radius 2 is 1.76 bits per heavy atom. The van der Waals surface area contributed by atoms with E-state index in [2.05, 4.69) is 40.2 Å². The number of likely N-dealkylation sites (N-methyl/N-ethyl adjacent to an activating group) is 1. The number of rotatable bonds is 6. The van der Waals surface area contributed by atoms with E-state index in [9.17, 15) is 4.79 Å². The summed E-state index contributed by atoms with van der Waals surface area (Å²) in [6.45, 7) is 9.12. The van der Waals surface area contributed by atoms with Crippen molar-refractivity contribution in [2.24, 2.45) is 0 Å². The summed E-state index contributed by atoms with van der Waals surface area (Å²) in [5.74, 6) is -0.0172. The molecule has 1 fully saturated rings. The highest BCUT2D eigenvalue weighted by Gasteiger charge is 2.17. The van der Waals surface area contributed by atoms with Gasteiger partial charge in [-0.1, -0.05) is 31.2 Å². The molecule has 134 valence electrons. The molecular weight excluding hydrogens is 338 g/mol. The Kier molecular flexibility index (Phi) is 6.13. The molecule has 1 N–H and O–H groups in total. The second-order valence-electron chi connectivity index (χ2n) is 6.27. The van der Waals surface area contributed by atoms with Crippen LogP contribution in [0.2, 0.25) is 5.22 Å². The number of nitrogens with one attached hydrogen (secondary N) is 1. The minimum Gasteiger partial charge on any atom is -0.440 e. The second kappa shape index (κ2) is 8.52. The highest BCUT2D eigenvalue weighted by Crippen LogP contribution is 2.15. The lowest BCUT2D eigenvalue weighted by Crippen LogP contribution is -2.45. The molecule has 1 aromatic heterocycles. The molecule has 0 unspecified atom stereocenters. The molecule has 0 aliphatic carbocycles. The standard InChI is InChI=1S/C19H24ClN3O2/c1-2-22-9-11-23(12-10-22)14-16-6-4-3-5-15(16)13-21-19(24)17-7-8-18(20)25-17/h3-8H,2,9-14H2,1H3,(H,21,24). The molecule has 0 atom stereocenters. The van der Waals surface area contributed by atoms with Gasteiger partial charge < -0.3 is 14.6 Å². The van der Waals surface area contributed by atoms with Crippen molar-refractivity contribution in [3.8, 4) is 0 Å². The first-order chi connectivity index (χ1) is 12.2. The molecule has 3 rings (SSSR count). The predicted octanol–water partition coefficient (Wildman–Crippen LogP) is 3.00. The monoisotopic (exact) mass is 361 g/mol. The minimum atomic E-state index is -0.252. The zero-order chi connectivity index (χ0) is 17.6. The van der Waals surface area contributed by atoms with Gasteiger partial charge in [-0.3, -0.25) is 9.69 Å². The van der Waals surface area contributed by atoms with E-state index in [0.29, 0.717) is 6.54 Å². The molecule has 6 heteroatoms. The van der Waals surface area contributed by atoms with E-state index in [4.69, 9.17) is 16.0 Å². The Hall–Kier alpha value is -1.82. The Morgan fingerprint density at radius 3 is 2.40 bits per heavy atom. The van der Waals surface area contributed by atoms with Crippen molar-refractivity contribution >= 4 is 17.5 Å². The zero-order valence-electron chi connectivity index (χ0n) is 14.5. The number of hydrogen-bond donors (Lipinski definition) is 1. The molecule has 1 aliphatic heterocycles. The number of halogens is 1.